The van der Waals surface area contributed by atoms with Gasteiger partial charge < -0.3 is 4.79 Å². The third-order valence-corrected chi connectivity index (χ3v) is 1.82. The fourth-order valence-corrected chi connectivity index (χ4v) is 1.04. The van der Waals surface area contributed by atoms with Crippen LogP contribution in [0, 0.1) is 0 Å². The maximum absolute atomic E-state index is 10.3. The van der Waals surface area contributed by atoms with Gasteiger partial charge in [0.15, 0.2) is 0 Å². The van der Waals surface area contributed by atoms with Crippen LogP contribution < -0.4 is 0 Å². The molecule has 0 fully saturated rings. The summed E-state index contributed by atoms with van der Waals surface area (Å²) in [6, 6.07) is 0. The summed E-state index contributed by atoms with van der Waals surface area (Å²) in [7, 11) is 0. The first-order chi connectivity index (χ1) is 4.27. The molecular formula is C6H10O2S. The lowest BCUT2D eigenvalue weighted by Gasteiger charge is -1.90. The molecule has 0 spiro atoms. The van der Waals surface area contributed by atoms with E-state index in [2.05, 4.69) is 0 Å². The van der Waals surface area contributed by atoms with Crippen LogP contribution in [0.2, 0.25) is 0 Å². The van der Waals surface area contributed by atoms with Crippen molar-refractivity contribution >= 4 is 23.8 Å². The molecule has 0 amide bonds. The normalized spacial score (nSPS) is 9.00. The predicted octanol–water partition coefficient (Wildman–Crippen LogP) is 0.898. The van der Waals surface area contributed by atoms with Crippen molar-refractivity contribution in [3.8, 4) is 0 Å². The van der Waals surface area contributed by atoms with Gasteiger partial charge in [-0.2, -0.15) is 11.8 Å². The summed E-state index contributed by atoms with van der Waals surface area (Å²) < 4.78 is 0. The van der Waals surface area contributed by atoms with Gasteiger partial charge in [0.2, 0.25) is 0 Å². The Hall–Kier alpha value is -0.310. The quantitative estimate of drug-likeness (QED) is 0.427. The molecule has 0 aromatic carbocycles. The summed E-state index contributed by atoms with van der Waals surface area (Å²) in [6.07, 6.45) is 1.42. The zero-order valence-corrected chi connectivity index (χ0v) is 6.24. The highest BCUT2D eigenvalue weighted by molar-refractivity contribution is 7.99. The van der Waals surface area contributed by atoms with Crippen LogP contribution in [0.5, 0.6) is 0 Å². The van der Waals surface area contributed by atoms with Crippen LogP contribution >= 0.6 is 11.8 Å². The molecule has 0 saturated heterocycles. The number of Topliss-reactive ketones (excluding diaryl/α,β-unsaturated/α-hetero) is 1. The monoisotopic (exact) mass is 146 g/mol. The maximum atomic E-state index is 10.3. The second kappa shape index (κ2) is 5.82. The van der Waals surface area contributed by atoms with Crippen molar-refractivity contribution in [3.63, 3.8) is 0 Å². The zero-order valence-electron chi connectivity index (χ0n) is 5.42. The van der Waals surface area contributed by atoms with Gasteiger partial charge in [-0.25, -0.2) is 0 Å². The third-order valence-electron chi connectivity index (χ3n) is 0.685. The van der Waals surface area contributed by atoms with Crippen molar-refractivity contribution in [1.82, 2.24) is 0 Å². The van der Waals surface area contributed by atoms with E-state index in [9.17, 15) is 9.59 Å². The molecule has 0 aliphatic rings. The lowest BCUT2D eigenvalue weighted by molar-refractivity contribution is -0.114. The SMILES string of the molecule is CC(=O)CSCCC=O. The molecular weight excluding hydrogens is 136 g/mol. The fourth-order valence-electron chi connectivity index (χ4n) is 0.347. The van der Waals surface area contributed by atoms with Crippen LogP contribution in [0.25, 0.3) is 0 Å². The molecule has 0 aliphatic carbocycles. The van der Waals surface area contributed by atoms with Crippen molar-refractivity contribution in [3.05, 3.63) is 0 Å². The molecule has 0 unspecified atom stereocenters. The molecule has 0 aliphatic heterocycles. The number of thioether (sulfide) groups is 1. The van der Waals surface area contributed by atoms with E-state index < -0.39 is 0 Å². The Labute approximate surface area is 59.0 Å². The van der Waals surface area contributed by atoms with Crippen LogP contribution in [-0.2, 0) is 9.59 Å². The molecule has 9 heavy (non-hydrogen) atoms. The Balaban J connectivity index is 2.91. The van der Waals surface area contributed by atoms with Gasteiger partial charge in [0.1, 0.15) is 12.1 Å². The second-order valence-corrected chi connectivity index (χ2v) is 2.82. The Morgan fingerprint density at radius 2 is 2.33 bits per heavy atom. The van der Waals surface area contributed by atoms with Gasteiger partial charge in [-0.3, -0.25) is 4.79 Å². The molecule has 0 saturated carbocycles. The van der Waals surface area contributed by atoms with Crippen molar-refractivity contribution in [2.45, 2.75) is 13.3 Å². The average molecular weight is 146 g/mol. The van der Waals surface area contributed by atoms with Gasteiger partial charge in [0.25, 0.3) is 0 Å². The minimum Gasteiger partial charge on any atom is -0.303 e. The van der Waals surface area contributed by atoms with E-state index in [4.69, 9.17) is 0 Å². The van der Waals surface area contributed by atoms with E-state index in [1.54, 1.807) is 6.92 Å². The Morgan fingerprint density at radius 3 is 2.78 bits per heavy atom. The molecule has 0 rings (SSSR count). The maximum Gasteiger partial charge on any atom is 0.139 e. The number of hydrogen-bond donors (Lipinski definition) is 0. The molecule has 0 radical (unpaired) electrons. The van der Waals surface area contributed by atoms with E-state index in [0.29, 0.717) is 12.2 Å². The van der Waals surface area contributed by atoms with Crippen molar-refractivity contribution in [2.75, 3.05) is 11.5 Å². The Bertz CT molecular complexity index is 101. The van der Waals surface area contributed by atoms with Crippen molar-refractivity contribution in [2.24, 2.45) is 0 Å². The van der Waals surface area contributed by atoms with E-state index >= 15 is 0 Å². The molecule has 52 valence electrons. The smallest absolute Gasteiger partial charge is 0.139 e. The highest BCUT2D eigenvalue weighted by atomic mass is 32.2. The van der Waals surface area contributed by atoms with Crippen LogP contribution in [0.1, 0.15) is 13.3 Å². The van der Waals surface area contributed by atoms with Crippen molar-refractivity contribution in [1.29, 1.82) is 0 Å². The summed E-state index contributed by atoms with van der Waals surface area (Å²) >= 11 is 1.51. The van der Waals surface area contributed by atoms with Gasteiger partial charge in [-0.1, -0.05) is 0 Å². The Kier molecular flexibility index (Phi) is 5.62. The van der Waals surface area contributed by atoms with E-state index in [-0.39, 0.29) is 5.78 Å². The topological polar surface area (TPSA) is 34.1 Å². The second-order valence-electron chi connectivity index (χ2n) is 1.71. The van der Waals surface area contributed by atoms with Crippen LogP contribution in [0.15, 0.2) is 0 Å². The minimum atomic E-state index is 0.172. The van der Waals surface area contributed by atoms with Crippen LogP contribution in [0.4, 0.5) is 0 Å². The number of aldehydes is 1. The molecule has 0 atom stereocenters. The molecule has 0 N–H and O–H groups in total. The molecule has 0 aromatic rings. The number of hydrogen-bond acceptors (Lipinski definition) is 3. The van der Waals surface area contributed by atoms with Gasteiger partial charge >= 0.3 is 0 Å². The molecule has 0 heterocycles. The van der Waals surface area contributed by atoms with Crippen molar-refractivity contribution < 1.29 is 9.59 Å². The van der Waals surface area contributed by atoms with E-state index in [1.807, 2.05) is 0 Å². The number of rotatable bonds is 5. The lowest BCUT2D eigenvalue weighted by Crippen LogP contribution is -1.94. The summed E-state index contributed by atoms with van der Waals surface area (Å²) in [4.78, 5) is 20.0. The lowest BCUT2D eigenvalue weighted by atomic mass is 10.5. The van der Waals surface area contributed by atoms with Gasteiger partial charge in [-0.05, 0) is 6.92 Å². The minimum absolute atomic E-state index is 0.172. The molecule has 0 bridgehead atoms. The first-order valence-corrected chi connectivity index (χ1v) is 3.93. The number of ketones is 1. The standard InChI is InChI=1S/C6H10O2S/c1-6(8)5-9-4-2-3-7/h3H,2,4-5H2,1H3. The largest absolute Gasteiger partial charge is 0.303 e. The summed E-state index contributed by atoms with van der Waals surface area (Å²) in [5, 5.41) is 0. The molecule has 3 heteroatoms. The van der Waals surface area contributed by atoms with Crippen LogP contribution in [0.3, 0.4) is 0 Å². The van der Waals surface area contributed by atoms with Gasteiger partial charge in [-0.15, -0.1) is 0 Å². The average Bonchev–Trinajstić information content (AvgIpc) is 1.80. The highest BCUT2D eigenvalue weighted by Gasteiger charge is 1.91. The fraction of sp³-hybridized carbons (Fsp3) is 0.667. The number of carbonyl (C=O) groups is 2. The number of carbonyl (C=O) groups excluding carboxylic acids is 2. The highest BCUT2D eigenvalue weighted by Crippen LogP contribution is 1.99. The molecule has 0 aromatic heterocycles. The summed E-state index contributed by atoms with van der Waals surface area (Å²) in [5.41, 5.74) is 0. The summed E-state index contributed by atoms with van der Waals surface area (Å²) in [6.45, 7) is 1.55. The van der Waals surface area contributed by atoms with Crippen LogP contribution in [-0.4, -0.2) is 23.6 Å². The predicted molar refractivity (Wildman–Crippen MR) is 38.7 cm³/mol. The third kappa shape index (κ3) is 7.69. The van der Waals surface area contributed by atoms with Gasteiger partial charge in [0, 0.05) is 12.2 Å². The summed E-state index contributed by atoms with van der Waals surface area (Å²) in [5.74, 6) is 1.47. The van der Waals surface area contributed by atoms with E-state index in [1.165, 1.54) is 11.8 Å². The van der Waals surface area contributed by atoms with Gasteiger partial charge in [0.05, 0.1) is 5.75 Å². The Morgan fingerprint density at radius 1 is 1.67 bits per heavy atom. The first kappa shape index (κ1) is 8.69. The zero-order chi connectivity index (χ0) is 7.11. The first-order valence-electron chi connectivity index (χ1n) is 2.78. The van der Waals surface area contributed by atoms with E-state index in [0.717, 1.165) is 12.0 Å². The molecule has 2 nitrogen and oxygen atoms in total.